The molecule has 0 aliphatic carbocycles. The van der Waals surface area contributed by atoms with E-state index in [1.54, 1.807) is 0 Å². The summed E-state index contributed by atoms with van der Waals surface area (Å²) in [6.45, 7) is 1.25. The number of hydrogen-bond acceptors (Lipinski definition) is 4. The SMILES string of the molecule is CC(=O)NC(C[S-])C(=O)O.O=[N+](O)O.[Ag+]. The Balaban J connectivity index is -0.000000249. The molecule has 0 aliphatic rings. The van der Waals surface area contributed by atoms with E-state index in [-0.39, 0.29) is 34.0 Å². The predicted molar refractivity (Wildman–Crippen MR) is 44.7 cm³/mol. The van der Waals surface area contributed by atoms with Gasteiger partial charge in [0.05, 0.1) is 0 Å². The van der Waals surface area contributed by atoms with E-state index < -0.39 is 17.1 Å². The van der Waals surface area contributed by atoms with Crippen molar-refractivity contribution in [2.45, 2.75) is 13.0 Å². The van der Waals surface area contributed by atoms with Gasteiger partial charge in [-0.25, -0.2) is 10.4 Å². The summed E-state index contributed by atoms with van der Waals surface area (Å²) in [7, 11) is 0. The fourth-order valence-corrected chi connectivity index (χ4v) is 0.646. The molecular weight excluding hydrogens is 324 g/mol. The summed E-state index contributed by atoms with van der Waals surface area (Å²) in [5.41, 5.74) is 0. The summed E-state index contributed by atoms with van der Waals surface area (Å²) in [5.74, 6) is -1.47. The maximum atomic E-state index is 10.3. The number of carboxylic acid groups (broad SMARTS) is 1. The third kappa shape index (κ3) is 19.6. The number of nitrogens with zero attached hydrogens (tertiary/aromatic N) is 1. The van der Waals surface area contributed by atoms with Crippen LogP contribution in [0.5, 0.6) is 0 Å². The maximum absolute atomic E-state index is 10.3. The second kappa shape index (κ2) is 11.3. The minimum atomic E-state index is -1.25. The predicted octanol–water partition coefficient (Wildman–Crippen LogP) is -1.34. The van der Waals surface area contributed by atoms with Gasteiger partial charge in [-0.1, -0.05) is 0 Å². The molecule has 10 heteroatoms. The topological polar surface area (TPSA) is 127 Å². The molecule has 1 atom stereocenters. The zero-order chi connectivity index (χ0) is 11.7. The number of carbonyl (C=O) groups excluding carboxylic acids is 1. The van der Waals surface area contributed by atoms with Gasteiger partial charge in [0.1, 0.15) is 10.9 Å². The Kier molecular flexibility index (Phi) is 14.9. The summed E-state index contributed by atoms with van der Waals surface area (Å²) >= 11 is 4.47. The largest absolute Gasteiger partial charge is 1.00 e. The Hall–Kier alpha value is -0.770. The first-order valence-corrected chi connectivity index (χ1v) is 3.82. The van der Waals surface area contributed by atoms with Gasteiger partial charge in [-0.15, -0.1) is 5.75 Å². The number of carbonyl (C=O) groups is 2. The van der Waals surface area contributed by atoms with Gasteiger partial charge in [0, 0.05) is 6.92 Å². The van der Waals surface area contributed by atoms with E-state index in [2.05, 4.69) is 17.9 Å². The summed E-state index contributed by atoms with van der Waals surface area (Å²) in [6.07, 6.45) is 0. The molecule has 0 spiro atoms. The molecule has 0 aromatic heterocycles. The molecule has 0 saturated heterocycles. The van der Waals surface area contributed by atoms with E-state index in [4.69, 9.17) is 20.4 Å². The van der Waals surface area contributed by atoms with Gasteiger partial charge in [-0.3, -0.25) is 9.59 Å². The monoisotopic (exact) mass is 333 g/mol. The maximum Gasteiger partial charge on any atom is 1.00 e. The van der Waals surface area contributed by atoms with Gasteiger partial charge >= 0.3 is 33.4 Å². The molecule has 0 saturated carbocycles. The Morgan fingerprint density at radius 2 is 1.80 bits per heavy atom. The van der Waals surface area contributed by atoms with Crippen LogP contribution in [0.15, 0.2) is 0 Å². The zero-order valence-corrected chi connectivity index (χ0v) is 9.81. The number of nitrogens with one attached hydrogen (secondary N) is 1. The van der Waals surface area contributed by atoms with Crippen LogP contribution in [-0.2, 0) is 44.6 Å². The molecule has 1 unspecified atom stereocenters. The molecule has 92 valence electrons. The average Bonchev–Trinajstić information content (AvgIpc) is 1.98. The second-order valence-corrected chi connectivity index (χ2v) is 2.34. The van der Waals surface area contributed by atoms with E-state index in [1.807, 2.05) is 0 Å². The quantitative estimate of drug-likeness (QED) is 0.286. The van der Waals surface area contributed by atoms with Crippen LogP contribution in [0.2, 0.25) is 0 Å². The smallest absolute Gasteiger partial charge is 0.790 e. The van der Waals surface area contributed by atoms with Crippen molar-refractivity contribution < 1.29 is 52.6 Å². The van der Waals surface area contributed by atoms with Gasteiger partial charge in [0.15, 0.2) is 0 Å². The van der Waals surface area contributed by atoms with Crippen LogP contribution in [0.25, 0.3) is 0 Å². The van der Waals surface area contributed by atoms with Crippen LogP contribution in [0.1, 0.15) is 6.92 Å². The van der Waals surface area contributed by atoms with Crippen LogP contribution in [0, 0.1) is 4.91 Å². The van der Waals surface area contributed by atoms with Gasteiger partial charge in [0.25, 0.3) is 0 Å². The summed E-state index contributed by atoms with van der Waals surface area (Å²) in [4.78, 5) is 29.0. The minimum Gasteiger partial charge on any atom is -0.790 e. The van der Waals surface area contributed by atoms with E-state index in [9.17, 15) is 9.59 Å². The standard InChI is InChI=1S/C5H9NO3S.Ag.H2NO3/c1-3(7)6-4(2-10)5(8)9;;2-1(3)4/h4,10H,2H2,1H3,(H,6,7)(H,8,9);;(H2,2,3,4)/q;2*+1/p-1. The molecule has 8 nitrogen and oxygen atoms in total. The summed E-state index contributed by atoms with van der Waals surface area (Å²) < 4.78 is 0. The molecular formula is C5H10AgN2O6S+. The molecule has 0 heterocycles. The van der Waals surface area contributed by atoms with Crippen molar-refractivity contribution in [2.75, 3.05) is 5.75 Å². The number of aliphatic carboxylic acids is 1. The molecule has 4 N–H and O–H groups in total. The van der Waals surface area contributed by atoms with Gasteiger partial charge in [-0.05, 0) is 0 Å². The molecule has 15 heavy (non-hydrogen) atoms. The Morgan fingerprint density at radius 1 is 1.47 bits per heavy atom. The minimum absolute atomic E-state index is 0. The van der Waals surface area contributed by atoms with Crippen molar-refractivity contribution >= 4 is 24.5 Å². The third-order valence-corrected chi connectivity index (χ3v) is 1.18. The van der Waals surface area contributed by atoms with E-state index in [0.29, 0.717) is 0 Å². The van der Waals surface area contributed by atoms with E-state index in [1.165, 1.54) is 6.92 Å². The molecule has 0 aliphatic heterocycles. The van der Waals surface area contributed by atoms with E-state index >= 15 is 0 Å². The van der Waals surface area contributed by atoms with Crippen molar-refractivity contribution in [1.29, 1.82) is 0 Å². The molecule has 0 fully saturated rings. The van der Waals surface area contributed by atoms with Crippen LogP contribution in [-0.4, -0.2) is 44.3 Å². The summed E-state index contributed by atoms with van der Waals surface area (Å²) in [6, 6.07) is -0.924. The van der Waals surface area contributed by atoms with Crippen molar-refractivity contribution in [3.63, 3.8) is 0 Å². The van der Waals surface area contributed by atoms with Crippen molar-refractivity contribution in [2.24, 2.45) is 0 Å². The molecule has 0 aromatic carbocycles. The van der Waals surface area contributed by atoms with Crippen LogP contribution in [0.3, 0.4) is 0 Å². The molecule has 0 bridgehead atoms. The van der Waals surface area contributed by atoms with Crippen molar-refractivity contribution in [3.05, 3.63) is 4.91 Å². The molecule has 0 aromatic rings. The normalized spacial score (nSPS) is 9.73. The number of hydrogen-bond donors (Lipinski definition) is 4. The van der Waals surface area contributed by atoms with E-state index in [0.717, 1.165) is 0 Å². The average molecular weight is 334 g/mol. The Morgan fingerprint density at radius 3 is 1.87 bits per heavy atom. The third-order valence-electron chi connectivity index (χ3n) is 0.842. The number of carboxylic acids is 1. The summed E-state index contributed by atoms with van der Waals surface area (Å²) in [5, 5.41) is 23.1. The van der Waals surface area contributed by atoms with Crippen LogP contribution < -0.4 is 5.32 Å². The Labute approximate surface area is 106 Å². The molecule has 0 rings (SSSR count). The molecule has 0 radical (unpaired) electrons. The number of amides is 1. The first-order valence-electron chi connectivity index (χ1n) is 3.24. The molecule has 1 amide bonds. The van der Waals surface area contributed by atoms with Crippen molar-refractivity contribution in [1.82, 2.24) is 5.32 Å². The van der Waals surface area contributed by atoms with Gasteiger partial charge < -0.3 is 23.1 Å². The first kappa shape index (κ1) is 19.8. The Bertz CT molecular complexity index is 222. The van der Waals surface area contributed by atoms with Crippen LogP contribution >= 0.6 is 0 Å². The fourth-order valence-electron chi connectivity index (χ4n) is 0.420. The van der Waals surface area contributed by atoms with Gasteiger partial charge in [-0.2, -0.15) is 0 Å². The van der Waals surface area contributed by atoms with Gasteiger partial charge in [0.2, 0.25) is 5.91 Å². The number of rotatable bonds is 3. The fraction of sp³-hybridized carbons (Fsp3) is 0.600. The zero-order valence-electron chi connectivity index (χ0n) is 7.51. The van der Waals surface area contributed by atoms with Crippen LogP contribution in [0.4, 0.5) is 0 Å². The second-order valence-electron chi connectivity index (χ2n) is 2.01. The van der Waals surface area contributed by atoms with Crippen molar-refractivity contribution in [3.8, 4) is 0 Å². The first-order chi connectivity index (χ1) is 6.31.